The molecule has 1 amide bonds. The second-order valence-corrected chi connectivity index (χ2v) is 10.3. The molecule has 45 heavy (non-hydrogen) atoms. The zero-order chi connectivity index (χ0) is 31.3. The Labute approximate surface area is 258 Å². The minimum atomic E-state index is -1.48. The summed E-state index contributed by atoms with van der Waals surface area (Å²) in [7, 11) is 0. The highest BCUT2D eigenvalue weighted by Gasteiger charge is 2.51. The van der Waals surface area contributed by atoms with Crippen molar-refractivity contribution in [2.75, 3.05) is 13.2 Å². The first-order valence-electron chi connectivity index (χ1n) is 14.2. The van der Waals surface area contributed by atoms with E-state index in [2.05, 4.69) is 0 Å². The van der Waals surface area contributed by atoms with E-state index in [0.29, 0.717) is 16.8 Å². The van der Waals surface area contributed by atoms with Crippen molar-refractivity contribution in [3.8, 4) is 0 Å². The average molecular weight is 609 g/mol. The highest BCUT2D eigenvalue weighted by atomic mass is 16.7. The number of ether oxygens (including phenoxy) is 3. The van der Waals surface area contributed by atoms with Gasteiger partial charge in [0.05, 0.1) is 28.0 Å². The molecule has 0 unspecified atom stereocenters. The SMILES string of the molecule is O=C(OC[C@H]1O[C@@H](N2CC=C3C(=CC=CN3OC(=O)c3ccccc3)C2=O)[C@H](O)[C@@H]1OC(=O)c1ccccc1)c1ccccc1. The van der Waals surface area contributed by atoms with Gasteiger partial charge in [-0.3, -0.25) is 4.79 Å². The molecular weight excluding hydrogens is 580 g/mol. The van der Waals surface area contributed by atoms with Crippen molar-refractivity contribution in [1.29, 1.82) is 0 Å². The van der Waals surface area contributed by atoms with Crippen molar-refractivity contribution >= 4 is 23.8 Å². The number of allylic oxidation sites excluding steroid dienone is 2. The number of fused-ring (bicyclic) bond motifs is 1. The first-order chi connectivity index (χ1) is 21.9. The van der Waals surface area contributed by atoms with Crippen LogP contribution in [0.5, 0.6) is 0 Å². The summed E-state index contributed by atoms with van der Waals surface area (Å²) in [5.41, 5.74) is 1.43. The lowest BCUT2D eigenvalue weighted by atomic mass is 10.0. The Hall–Kier alpha value is -5.52. The first-order valence-corrected chi connectivity index (χ1v) is 14.2. The van der Waals surface area contributed by atoms with E-state index in [-0.39, 0.29) is 24.3 Å². The molecule has 1 N–H and O–H groups in total. The minimum absolute atomic E-state index is 0.0314. The molecule has 0 aromatic heterocycles. The van der Waals surface area contributed by atoms with Gasteiger partial charge in [-0.2, -0.15) is 5.06 Å². The molecule has 3 aromatic carbocycles. The Morgan fingerprint density at radius 3 is 2.02 bits per heavy atom. The van der Waals surface area contributed by atoms with Gasteiger partial charge in [0.25, 0.3) is 5.91 Å². The van der Waals surface area contributed by atoms with Crippen molar-refractivity contribution in [1.82, 2.24) is 9.96 Å². The average Bonchev–Trinajstić information content (AvgIpc) is 3.39. The Balaban J connectivity index is 1.20. The fraction of sp³-hybridized carbons (Fsp3) is 0.176. The van der Waals surface area contributed by atoms with Crippen LogP contribution in [0.25, 0.3) is 0 Å². The maximum atomic E-state index is 13.7. The third-order valence-electron chi connectivity index (χ3n) is 7.42. The number of hydrogen-bond donors (Lipinski definition) is 1. The fourth-order valence-electron chi connectivity index (χ4n) is 5.16. The van der Waals surface area contributed by atoms with Gasteiger partial charge < -0.3 is 29.1 Å². The molecule has 11 nitrogen and oxygen atoms in total. The van der Waals surface area contributed by atoms with Gasteiger partial charge in [0, 0.05) is 12.7 Å². The van der Waals surface area contributed by atoms with E-state index >= 15 is 0 Å². The number of amides is 1. The molecular formula is C34H28N2O9. The number of esters is 2. The number of hydrogen-bond acceptors (Lipinski definition) is 10. The lowest BCUT2D eigenvalue weighted by Crippen LogP contribution is -2.51. The summed E-state index contributed by atoms with van der Waals surface area (Å²) in [6, 6.07) is 25.0. The zero-order valence-electron chi connectivity index (χ0n) is 23.8. The van der Waals surface area contributed by atoms with Gasteiger partial charge in [-0.1, -0.05) is 54.6 Å². The van der Waals surface area contributed by atoms with Crippen molar-refractivity contribution in [3.63, 3.8) is 0 Å². The van der Waals surface area contributed by atoms with E-state index in [1.807, 2.05) is 0 Å². The summed E-state index contributed by atoms with van der Waals surface area (Å²) in [4.78, 5) is 58.8. The van der Waals surface area contributed by atoms with Gasteiger partial charge >= 0.3 is 17.9 Å². The van der Waals surface area contributed by atoms with E-state index in [9.17, 15) is 24.3 Å². The normalized spacial score (nSPS) is 22.2. The van der Waals surface area contributed by atoms with Crippen LogP contribution in [0.1, 0.15) is 31.1 Å². The van der Waals surface area contributed by atoms with Gasteiger partial charge in [-0.15, -0.1) is 0 Å². The molecule has 1 fully saturated rings. The van der Waals surface area contributed by atoms with Gasteiger partial charge in [0.1, 0.15) is 18.8 Å². The lowest BCUT2D eigenvalue weighted by molar-refractivity contribution is -0.149. The molecule has 3 heterocycles. The smallest absolute Gasteiger partial charge is 0.363 e. The molecule has 3 aliphatic rings. The van der Waals surface area contributed by atoms with E-state index < -0.39 is 48.4 Å². The van der Waals surface area contributed by atoms with Gasteiger partial charge in [0.2, 0.25) is 0 Å². The topological polar surface area (TPSA) is 132 Å². The Morgan fingerprint density at radius 2 is 1.40 bits per heavy atom. The predicted octanol–water partition coefficient (Wildman–Crippen LogP) is 3.41. The van der Waals surface area contributed by atoms with Crippen LogP contribution in [0, 0.1) is 0 Å². The highest BCUT2D eigenvalue weighted by molar-refractivity contribution is 6.00. The number of aliphatic hydroxyl groups excluding tert-OH is 1. The first kappa shape index (κ1) is 29.5. The molecule has 6 rings (SSSR count). The molecule has 1 saturated heterocycles. The summed E-state index contributed by atoms with van der Waals surface area (Å²) < 4.78 is 17.2. The van der Waals surface area contributed by atoms with Crippen LogP contribution in [-0.2, 0) is 23.8 Å². The van der Waals surface area contributed by atoms with Crippen LogP contribution in [-0.4, -0.2) is 76.6 Å². The van der Waals surface area contributed by atoms with E-state index in [4.69, 9.17) is 19.0 Å². The third kappa shape index (κ3) is 6.26. The third-order valence-corrected chi connectivity index (χ3v) is 7.42. The number of nitrogens with zero attached hydrogens (tertiary/aromatic N) is 2. The standard InChI is InChI=1S/C34H28N2O9/c37-28-29(44-33(40)23-13-6-2-7-14-23)27(21-42-32(39)22-11-4-1-5-12-22)43-31(28)35-20-18-26-25(30(35)38)17-10-19-36(26)45-34(41)24-15-8-3-9-16-24/h1-19,27-29,31,37H,20-21H2/t27-,28-,29-,31-/m1/s1. The number of carbonyl (C=O) groups excluding carboxylic acids is 4. The molecule has 228 valence electrons. The Kier molecular flexibility index (Phi) is 8.54. The van der Waals surface area contributed by atoms with Crippen LogP contribution in [0.15, 0.2) is 127 Å². The van der Waals surface area contributed by atoms with Gasteiger partial charge in [-0.05, 0) is 54.6 Å². The minimum Gasteiger partial charge on any atom is -0.459 e. The number of rotatable bonds is 8. The number of hydroxylamine groups is 2. The van der Waals surface area contributed by atoms with Crippen molar-refractivity contribution in [3.05, 3.63) is 143 Å². The van der Waals surface area contributed by atoms with Crippen LogP contribution in [0.2, 0.25) is 0 Å². The molecule has 0 bridgehead atoms. The van der Waals surface area contributed by atoms with E-state index in [0.717, 1.165) is 0 Å². The molecule has 4 atom stereocenters. The monoisotopic (exact) mass is 608 g/mol. The van der Waals surface area contributed by atoms with E-state index in [1.165, 1.54) is 16.2 Å². The maximum absolute atomic E-state index is 13.7. The van der Waals surface area contributed by atoms with Crippen molar-refractivity contribution in [2.24, 2.45) is 0 Å². The number of carbonyl (C=O) groups is 4. The van der Waals surface area contributed by atoms with Crippen LogP contribution in [0.3, 0.4) is 0 Å². The second kappa shape index (κ2) is 13.0. The second-order valence-electron chi connectivity index (χ2n) is 10.3. The zero-order valence-corrected chi connectivity index (χ0v) is 23.8. The molecule has 0 saturated carbocycles. The van der Waals surface area contributed by atoms with Crippen molar-refractivity contribution < 1.29 is 43.3 Å². The van der Waals surface area contributed by atoms with Gasteiger partial charge in [-0.25, -0.2) is 14.4 Å². The molecule has 3 aromatic rings. The van der Waals surface area contributed by atoms with E-state index in [1.54, 1.807) is 109 Å². The quantitative estimate of drug-likeness (QED) is 0.380. The predicted molar refractivity (Wildman–Crippen MR) is 158 cm³/mol. The summed E-state index contributed by atoms with van der Waals surface area (Å²) in [6.45, 7) is -0.387. The van der Waals surface area contributed by atoms with Crippen LogP contribution in [0.4, 0.5) is 0 Å². The highest BCUT2D eigenvalue weighted by Crippen LogP contribution is 2.33. The van der Waals surface area contributed by atoms with Gasteiger partial charge in [0.15, 0.2) is 12.3 Å². The Morgan fingerprint density at radius 1 is 0.822 bits per heavy atom. The fourth-order valence-corrected chi connectivity index (χ4v) is 5.16. The molecule has 0 radical (unpaired) electrons. The molecule has 0 aliphatic carbocycles. The summed E-state index contributed by atoms with van der Waals surface area (Å²) in [5, 5.41) is 12.6. The van der Waals surface area contributed by atoms with Crippen molar-refractivity contribution in [2.45, 2.75) is 24.5 Å². The summed E-state index contributed by atoms with van der Waals surface area (Å²) in [6.07, 6.45) is 1.17. The Bertz CT molecular complexity index is 1670. The number of aliphatic hydroxyl groups is 1. The summed E-state index contributed by atoms with van der Waals surface area (Å²) >= 11 is 0. The summed E-state index contributed by atoms with van der Waals surface area (Å²) in [5.74, 6) is -2.47. The molecule has 0 spiro atoms. The van der Waals surface area contributed by atoms with Crippen LogP contribution < -0.4 is 0 Å². The van der Waals surface area contributed by atoms with Crippen LogP contribution >= 0.6 is 0 Å². The lowest BCUT2D eigenvalue weighted by Gasteiger charge is -2.36. The number of benzene rings is 3. The molecule has 11 heteroatoms. The largest absolute Gasteiger partial charge is 0.459 e. The molecule has 3 aliphatic heterocycles. The maximum Gasteiger partial charge on any atom is 0.363 e.